The van der Waals surface area contributed by atoms with Crippen molar-refractivity contribution in [2.45, 2.75) is 24.5 Å². The summed E-state index contributed by atoms with van der Waals surface area (Å²) >= 11 is 0. The van der Waals surface area contributed by atoms with E-state index in [1.165, 1.54) is 12.3 Å². The van der Waals surface area contributed by atoms with Gasteiger partial charge in [0, 0.05) is 28.7 Å². The van der Waals surface area contributed by atoms with E-state index in [1.54, 1.807) is 24.3 Å². The molecule has 28 heavy (non-hydrogen) atoms. The van der Waals surface area contributed by atoms with Crippen molar-refractivity contribution in [2.75, 3.05) is 12.3 Å². The van der Waals surface area contributed by atoms with E-state index in [9.17, 15) is 19.8 Å². The SMILES string of the molecule is Nc1cccc2c(O[C@@H]3[C@H](O)[C@@H](CO)O[C@H]3n3ccc(=O)[nH]c3=O)cccc12. The normalized spacial score (nSPS) is 24.5. The van der Waals surface area contributed by atoms with E-state index in [2.05, 4.69) is 4.98 Å². The number of anilines is 1. The fourth-order valence-electron chi connectivity index (χ4n) is 3.40. The number of aliphatic hydroxyl groups is 2. The third-order valence-electron chi connectivity index (χ3n) is 4.80. The lowest BCUT2D eigenvalue weighted by molar-refractivity contribution is -0.0522. The quantitative estimate of drug-likeness (QED) is 0.462. The number of aromatic amines is 1. The molecule has 2 heterocycles. The first-order valence-corrected chi connectivity index (χ1v) is 8.69. The lowest BCUT2D eigenvalue weighted by Gasteiger charge is -2.24. The van der Waals surface area contributed by atoms with E-state index < -0.39 is 42.4 Å². The van der Waals surface area contributed by atoms with Gasteiger partial charge >= 0.3 is 5.69 Å². The second-order valence-corrected chi connectivity index (χ2v) is 6.54. The molecular formula is C19H19N3O6. The Labute approximate surface area is 158 Å². The van der Waals surface area contributed by atoms with Crippen LogP contribution in [0.1, 0.15) is 6.23 Å². The van der Waals surface area contributed by atoms with Crippen molar-refractivity contribution >= 4 is 16.5 Å². The minimum atomic E-state index is -1.20. The molecule has 0 bridgehead atoms. The summed E-state index contributed by atoms with van der Waals surface area (Å²) in [6, 6.07) is 11.9. The first-order chi connectivity index (χ1) is 13.5. The zero-order chi connectivity index (χ0) is 19.8. The van der Waals surface area contributed by atoms with Crippen LogP contribution in [0.15, 0.2) is 58.3 Å². The number of H-pyrrole nitrogens is 1. The molecule has 146 valence electrons. The Morgan fingerprint density at radius 1 is 1.14 bits per heavy atom. The van der Waals surface area contributed by atoms with Gasteiger partial charge < -0.3 is 25.4 Å². The zero-order valence-electron chi connectivity index (χ0n) is 14.7. The largest absolute Gasteiger partial charge is 0.482 e. The average molecular weight is 385 g/mol. The van der Waals surface area contributed by atoms with Gasteiger partial charge in [0.15, 0.2) is 12.3 Å². The number of aromatic nitrogens is 2. The number of aliphatic hydroxyl groups excluding tert-OH is 2. The molecule has 1 fully saturated rings. The Bertz CT molecular complexity index is 1120. The highest BCUT2D eigenvalue weighted by atomic mass is 16.6. The van der Waals surface area contributed by atoms with Gasteiger partial charge in [-0.05, 0) is 12.1 Å². The number of rotatable bonds is 4. The summed E-state index contributed by atoms with van der Waals surface area (Å²) in [5.41, 5.74) is 5.33. The van der Waals surface area contributed by atoms with Crippen LogP contribution in [-0.2, 0) is 4.74 Å². The molecule has 0 spiro atoms. The van der Waals surface area contributed by atoms with Gasteiger partial charge in [0.1, 0.15) is 18.0 Å². The second kappa shape index (κ2) is 7.12. The van der Waals surface area contributed by atoms with Gasteiger partial charge in [-0.2, -0.15) is 0 Å². The molecule has 4 rings (SSSR count). The van der Waals surface area contributed by atoms with Crippen LogP contribution in [0.4, 0.5) is 5.69 Å². The molecule has 3 aromatic rings. The predicted molar refractivity (Wildman–Crippen MR) is 101 cm³/mol. The number of hydrogen-bond acceptors (Lipinski definition) is 7. The molecule has 0 unspecified atom stereocenters. The molecule has 0 aliphatic carbocycles. The molecule has 1 aliphatic heterocycles. The maximum atomic E-state index is 12.2. The number of hydrogen-bond donors (Lipinski definition) is 4. The van der Waals surface area contributed by atoms with Gasteiger partial charge in [-0.25, -0.2) is 4.79 Å². The van der Waals surface area contributed by atoms with Crippen LogP contribution < -0.4 is 21.7 Å². The number of nitrogens with two attached hydrogens (primary N) is 1. The van der Waals surface area contributed by atoms with Crippen molar-refractivity contribution in [1.29, 1.82) is 0 Å². The van der Waals surface area contributed by atoms with Gasteiger partial charge in [0.25, 0.3) is 5.56 Å². The van der Waals surface area contributed by atoms with Gasteiger partial charge in [-0.15, -0.1) is 0 Å². The summed E-state index contributed by atoms with van der Waals surface area (Å²) < 4.78 is 12.8. The van der Waals surface area contributed by atoms with Gasteiger partial charge in [0.2, 0.25) is 0 Å². The van der Waals surface area contributed by atoms with Crippen molar-refractivity contribution in [1.82, 2.24) is 9.55 Å². The Kier molecular flexibility index (Phi) is 4.63. The molecule has 4 atom stereocenters. The smallest absolute Gasteiger partial charge is 0.330 e. The first kappa shape index (κ1) is 18.2. The van der Waals surface area contributed by atoms with E-state index in [0.717, 1.165) is 15.3 Å². The maximum Gasteiger partial charge on any atom is 0.330 e. The van der Waals surface area contributed by atoms with Crippen molar-refractivity contribution in [2.24, 2.45) is 0 Å². The molecule has 1 saturated heterocycles. The molecule has 0 amide bonds. The molecule has 0 saturated carbocycles. The highest BCUT2D eigenvalue weighted by Gasteiger charge is 2.46. The van der Waals surface area contributed by atoms with Crippen LogP contribution in [0.2, 0.25) is 0 Å². The van der Waals surface area contributed by atoms with Crippen LogP contribution >= 0.6 is 0 Å². The maximum absolute atomic E-state index is 12.2. The first-order valence-electron chi connectivity index (χ1n) is 8.69. The summed E-state index contributed by atoms with van der Waals surface area (Å²) in [4.78, 5) is 25.7. The third-order valence-corrected chi connectivity index (χ3v) is 4.80. The number of nitrogens with zero attached hydrogens (tertiary/aromatic N) is 1. The van der Waals surface area contributed by atoms with Crippen LogP contribution in [0.25, 0.3) is 10.8 Å². The van der Waals surface area contributed by atoms with Crippen LogP contribution in [-0.4, -0.2) is 44.7 Å². The number of nitrogens with one attached hydrogen (secondary N) is 1. The molecular weight excluding hydrogens is 366 g/mol. The number of benzene rings is 2. The summed E-state index contributed by atoms with van der Waals surface area (Å²) in [5, 5.41) is 21.6. The molecule has 2 aromatic carbocycles. The molecule has 0 radical (unpaired) electrons. The predicted octanol–water partition coefficient (Wildman–Crippen LogP) is -0.0298. The summed E-state index contributed by atoms with van der Waals surface area (Å²) in [6.07, 6.45) is -2.95. The van der Waals surface area contributed by atoms with Crippen molar-refractivity contribution in [3.05, 3.63) is 69.5 Å². The Morgan fingerprint density at radius 3 is 2.64 bits per heavy atom. The monoisotopic (exact) mass is 385 g/mol. The number of fused-ring (bicyclic) bond motifs is 1. The van der Waals surface area contributed by atoms with Crippen molar-refractivity contribution in [3.63, 3.8) is 0 Å². The lowest BCUT2D eigenvalue weighted by atomic mass is 10.1. The lowest BCUT2D eigenvalue weighted by Crippen LogP contribution is -2.41. The van der Waals surface area contributed by atoms with E-state index in [4.69, 9.17) is 15.2 Å². The van der Waals surface area contributed by atoms with E-state index >= 15 is 0 Å². The van der Waals surface area contributed by atoms with Gasteiger partial charge in [-0.3, -0.25) is 14.3 Å². The Morgan fingerprint density at radius 2 is 1.89 bits per heavy atom. The third kappa shape index (κ3) is 3.05. The molecule has 1 aliphatic rings. The Balaban J connectivity index is 1.77. The van der Waals surface area contributed by atoms with Crippen LogP contribution in [0.5, 0.6) is 5.75 Å². The zero-order valence-corrected chi connectivity index (χ0v) is 14.7. The standard InChI is InChI=1S/C19H19N3O6/c20-12-5-1-4-11-10(12)3-2-6-13(11)27-17-16(25)14(9-23)28-18(17)22-8-7-15(24)21-19(22)26/h1-8,14,16-18,23,25H,9,20H2,(H,21,24,26)/t14-,16-,17-,18-/m1/s1. The molecule has 1 aromatic heterocycles. The minimum Gasteiger partial charge on any atom is -0.482 e. The fourth-order valence-corrected chi connectivity index (χ4v) is 3.40. The number of ether oxygens (including phenoxy) is 2. The Hall–Kier alpha value is -3.14. The van der Waals surface area contributed by atoms with E-state index in [-0.39, 0.29) is 0 Å². The van der Waals surface area contributed by atoms with Crippen LogP contribution in [0.3, 0.4) is 0 Å². The van der Waals surface area contributed by atoms with Gasteiger partial charge in [0.05, 0.1) is 6.61 Å². The highest BCUT2D eigenvalue weighted by Crippen LogP contribution is 2.35. The van der Waals surface area contributed by atoms with Gasteiger partial charge in [-0.1, -0.05) is 24.3 Å². The average Bonchev–Trinajstić information content (AvgIpc) is 2.98. The fraction of sp³-hybridized carbons (Fsp3) is 0.263. The number of nitrogen functional groups attached to an aromatic ring is 1. The summed E-state index contributed by atoms with van der Waals surface area (Å²) in [6.45, 7) is -0.460. The molecule has 5 N–H and O–H groups in total. The molecule has 9 nitrogen and oxygen atoms in total. The molecule has 9 heteroatoms. The summed E-state index contributed by atoms with van der Waals surface area (Å²) in [5.74, 6) is 0.443. The van der Waals surface area contributed by atoms with Crippen molar-refractivity contribution in [3.8, 4) is 5.75 Å². The minimum absolute atomic E-state index is 0.443. The topological polar surface area (TPSA) is 140 Å². The summed E-state index contributed by atoms with van der Waals surface area (Å²) in [7, 11) is 0. The van der Waals surface area contributed by atoms with Crippen molar-refractivity contribution < 1.29 is 19.7 Å². The van der Waals surface area contributed by atoms with Crippen LogP contribution in [0, 0.1) is 0 Å². The second-order valence-electron chi connectivity index (χ2n) is 6.54. The van der Waals surface area contributed by atoms with E-state index in [0.29, 0.717) is 11.4 Å². The highest BCUT2D eigenvalue weighted by molar-refractivity contribution is 5.96. The van der Waals surface area contributed by atoms with E-state index in [1.807, 2.05) is 12.1 Å².